The molecule has 6 nitrogen and oxygen atoms in total. The van der Waals surface area contributed by atoms with Crippen LogP contribution < -0.4 is 11.1 Å². The van der Waals surface area contributed by atoms with Crippen molar-refractivity contribution in [3.8, 4) is 17.0 Å². The number of rotatable bonds is 6. The highest BCUT2D eigenvalue weighted by atomic mass is 16.3. The number of anilines is 2. The molecule has 0 radical (unpaired) electrons. The molecule has 1 aliphatic carbocycles. The maximum absolute atomic E-state index is 12.6. The topological polar surface area (TPSA) is 101 Å². The number of nitrogens with one attached hydrogen (secondary N) is 1. The molecule has 0 spiro atoms. The van der Waals surface area contributed by atoms with E-state index in [0.29, 0.717) is 17.4 Å². The largest absolute Gasteiger partial charge is 0.508 e. The third-order valence-electron chi connectivity index (χ3n) is 5.82. The Balaban J connectivity index is 1.56. The van der Waals surface area contributed by atoms with Gasteiger partial charge in [-0.2, -0.15) is 0 Å². The Morgan fingerprint density at radius 2 is 1.74 bits per heavy atom. The lowest BCUT2D eigenvalue weighted by atomic mass is 9.86. The predicted octanol–water partition coefficient (Wildman–Crippen LogP) is 4.74. The van der Waals surface area contributed by atoms with Gasteiger partial charge in [0, 0.05) is 11.3 Å². The number of nitrogens with two attached hydrogens (primary N) is 1. The minimum absolute atomic E-state index is 0.148. The molecule has 1 amide bonds. The molecule has 6 heteroatoms. The third kappa shape index (κ3) is 5.60. The van der Waals surface area contributed by atoms with Crippen molar-refractivity contribution in [3.63, 3.8) is 0 Å². The summed E-state index contributed by atoms with van der Waals surface area (Å²) in [5.41, 5.74) is 9.91. The number of phenols is 1. The van der Waals surface area contributed by atoms with Gasteiger partial charge in [0.1, 0.15) is 5.75 Å². The van der Waals surface area contributed by atoms with E-state index in [-0.39, 0.29) is 18.1 Å². The van der Waals surface area contributed by atoms with Crippen molar-refractivity contribution >= 4 is 17.4 Å². The molecule has 1 aliphatic rings. The van der Waals surface area contributed by atoms with Gasteiger partial charge >= 0.3 is 0 Å². The Bertz CT molecular complexity index is 1030. The molecule has 4 N–H and O–H groups in total. The van der Waals surface area contributed by atoms with Crippen molar-refractivity contribution in [2.24, 2.45) is 5.92 Å². The molecule has 0 bridgehead atoms. The van der Waals surface area contributed by atoms with Gasteiger partial charge in [0.15, 0.2) is 5.82 Å². The van der Waals surface area contributed by atoms with Crippen LogP contribution in [-0.4, -0.2) is 21.0 Å². The summed E-state index contributed by atoms with van der Waals surface area (Å²) in [4.78, 5) is 22.1. The summed E-state index contributed by atoms with van der Waals surface area (Å²) in [6.07, 6.45) is 8.89. The first-order chi connectivity index (χ1) is 15.1. The summed E-state index contributed by atoms with van der Waals surface area (Å²) < 4.78 is 0. The average molecular weight is 417 g/mol. The molecule has 0 saturated heterocycles. The SMILES string of the molecule is Nc1ccc(-c2cnc(NC(=O)Cc3ccc(O)cc3)c(CC3CCCCC3)n2)cc1. The summed E-state index contributed by atoms with van der Waals surface area (Å²) in [6, 6.07) is 14.2. The summed E-state index contributed by atoms with van der Waals surface area (Å²) in [5.74, 6) is 1.14. The Labute approximate surface area is 182 Å². The molecule has 1 fully saturated rings. The highest BCUT2D eigenvalue weighted by Crippen LogP contribution is 2.29. The van der Waals surface area contributed by atoms with E-state index in [0.717, 1.165) is 28.9 Å². The Morgan fingerprint density at radius 1 is 1.03 bits per heavy atom. The molecule has 1 aromatic heterocycles. The number of nitrogen functional groups attached to an aromatic ring is 1. The second-order valence-corrected chi connectivity index (χ2v) is 8.27. The van der Waals surface area contributed by atoms with Gasteiger partial charge in [-0.15, -0.1) is 0 Å². The number of carbonyl (C=O) groups excluding carboxylic acids is 1. The number of nitrogens with zero attached hydrogens (tertiary/aromatic N) is 2. The van der Waals surface area contributed by atoms with E-state index in [9.17, 15) is 9.90 Å². The van der Waals surface area contributed by atoms with E-state index in [1.54, 1.807) is 30.5 Å². The first kappa shape index (κ1) is 20.8. The number of aromatic nitrogens is 2. The first-order valence-electron chi connectivity index (χ1n) is 10.9. The van der Waals surface area contributed by atoms with Crippen LogP contribution in [0, 0.1) is 5.92 Å². The number of carbonyl (C=O) groups is 1. The predicted molar refractivity (Wildman–Crippen MR) is 123 cm³/mol. The fraction of sp³-hybridized carbons (Fsp3) is 0.320. The molecule has 1 heterocycles. The summed E-state index contributed by atoms with van der Waals surface area (Å²) in [6.45, 7) is 0. The molecule has 0 aliphatic heterocycles. The van der Waals surface area contributed by atoms with E-state index in [4.69, 9.17) is 10.7 Å². The van der Waals surface area contributed by atoms with E-state index >= 15 is 0 Å². The quantitative estimate of drug-likeness (QED) is 0.504. The maximum atomic E-state index is 12.6. The lowest BCUT2D eigenvalue weighted by molar-refractivity contribution is -0.115. The Kier molecular flexibility index (Phi) is 6.46. The van der Waals surface area contributed by atoms with Crippen molar-refractivity contribution in [2.75, 3.05) is 11.1 Å². The second-order valence-electron chi connectivity index (χ2n) is 8.27. The van der Waals surface area contributed by atoms with Gasteiger partial charge in [0.05, 0.1) is 24.0 Å². The van der Waals surface area contributed by atoms with Crippen LogP contribution in [0.4, 0.5) is 11.5 Å². The van der Waals surface area contributed by atoms with E-state index < -0.39 is 0 Å². The number of benzene rings is 2. The van der Waals surface area contributed by atoms with Crippen molar-refractivity contribution in [2.45, 2.75) is 44.9 Å². The van der Waals surface area contributed by atoms with Crippen LogP contribution in [0.5, 0.6) is 5.75 Å². The Hall–Kier alpha value is -3.41. The van der Waals surface area contributed by atoms with Crippen LogP contribution in [0.2, 0.25) is 0 Å². The molecule has 2 aromatic carbocycles. The number of amides is 1. The van der Waals surface area contributed by atoms with Gasteiger partial charge in [-0.1, -0.05) is 56.4 Å². The zero-order chi connectivity index (χ0) is 21.6. The maximum Gasteiger partial charge on any atom is 0.229 e. The molecule has 160 valence electrons. The minimum atomic E-state index is -0.148. The van der Waals surface area contributed by atoms with Gasteiger partial charge in [-0.05, 0) is 42.2 Å². The molecule has 0 atom stereocenters. The van der Waals surface area contributed by atoms with Crippen molar-refractivity contribution < 1.29 is 9.90 Å². The van der Waals surface area contributed by atoms with Gasteiger partial charge < -0.3 is 16.2 Å². The Morgan fingerprint density at radius 3 is 2.45 bits per heavy atom. The van der Waals surface area contributed by atoms with Crippen LogP contribution in [0.15, 0.2) is 54.7 Å². The van der Waals surface area contributed by atoms with Crippen molar-refractivity contribution in [1.82, 2.24) is 9.97 Å². The zero-order valence-corrected chi connectivity index (χ0v) is 17.6. The highest BCUT2D eigenvalue weighted by Gasteiger charge is 2.19. The average Bonchev–Trinajstić information content (AvgIpc) is 2.78. The summed E-state index contributed by atoms with van der Waals surface area (Å²) >= 11 is 0. The highest BCUT2D eigenvalue weighted by molar-refractivity contribution is 5.92. The second kappa shape index (κ2) is 9.60. The van der Waals surface area contributed by atoms with Gasteiger partial charge in [0.2, 0.25) is 5.91 Å². The number of aromatic hydroxyl groups is 1. The van der Waals surface area contributed by atoms with E-state index in [1.165, 1.54) is 32.1 Å². The fourth-order valence-corrected chi connectivity index (χ4v) is 4.11. The molecule has 4 rings (SSSR count). The zero-order valence-electron chi connectivity index (χ0n) is 17.6. The molecule has 1 saturated carbocycles. The van der Waals surface area contributed by atoms with Crippen LogP contribution in [0.1, 0.15) is 43.4 Å². The summed E-state index contributed by atoms with van der Waals surface area (Å²) in [7, 11) is 0. The molecule has 3 aromatic rings. The standard InChI is InChI=1S/C25H28N4O2/c26-20-10-8-19(9-11-20)23-16-27-25(22(28-23)14-17-4-2-1-3-5-17)29-24(31)15-18-6-12-21(30)13-7-18/h6-13,16-17,30H,1-5,14-15,26H2,(H,27,29,31). The van der Waals surface area contributed by atoms with Crippen LogP contribution >= 0.6 is 0 Å². The number of hydrogen-bond acceptors (Lipinski definition) is 5. The van der Waals surface area contributed by atoms with Crippen LogP contribution in [0.3, 0.4) is 0 Å². The van der Waals surface area contributed by atoms with Gasteiger partial charge in [-0.25, -0.2) is 9.97 Å². The van der Waals surface area contributed by atoms with E-state index in [2.05, 4.69) is 10.3 Å². The summed E-state index contributed by atoms with van der Waals surface area (Å²) in [5, 5.41) is 12.4. The minimum Gasteiger partial charge on any atom is -0.508 e. The first-order valence-corrected chi connectivity index (χ1v) is 10.9. The third-order valence-corrected chi connectivity index (χ3v) is 5.82. The smallest absolute Gasteiger partial charge is 0.229 e. The number of phenolic OH excluding ortho intramolecular Hbond substituents is 1. The molecular weight excluding hydrogens is 388 g/mol. The van der Waals surface area contributed by atoms with Crippen molar-refractivity contribution in [1.29, 1.82) is 0 Å². The van der Waals surface area contributed by atoms with Gasteiger partial charge in [0.25, 0.3) is 0 Å². The lowest BCUT2D eigenvalue weighted by Gasteiger charge is -2.22. The molecule has 0 unspecified atom stereocenters. The van der Waals surface area contributed by atoms with Gasteiger partial charge in [-0.3, -0.25) is 4.79 Å². The molecular formula is C25H28N4O2. The normalized spacial score (nSPS) is 14.3. The van der Waals surface area contributed by atoms with Crippen LogP contribution in [-0.2, 0) is 17.6 Å². The van der Waals surface area contributed by atoms with Crippen molar-refractivity contribution in [3.05, 3.63) is 66.0 Å². The van der Waals surface area contributed by atoms with E-state index in [1.807, 2.05) is 24.3 Å². The monoisotopic (exact) mass is 416 g/mol. The fourth-order valence-electron chi connectivity index (χ4n) is 4.11. The van der Waals surface area contributed by atoms with Crippen LogP contribution in [0.25, 0.3) is 11.3 Å². The lowest BCUT2D eigenvalue weighted by Crippen LogP contribution is -2.19. The molecule has 31 heavy (non-hydrogen) atoms. The number of hydrogen-bond donors (Lipinski definition) is 3.